The Morgan fingerprint density at radius 3 is 2.89 bits per heavy atom. The second-order valence-electron chi connectivity index (χ2n) is 3.66. The largest absolute Gasteiger partial charge is 0.374 e. The van der Waals surface area contributed by atoms with Gasteiger partial charge in [0.05, 0.1) is 28.8 Å². The Morgan fingerprint density at radius 2 is 2.26 bits per heavy atom. The third-order valence-corrected chi connectivity index (χ3v) is 2.43. The first-order valence-corrected chi connectivity index (χ1v) is 5.38. The van der Waals surface area contributed by atoms with Crippen LogP contribution in [-0.4, -0.2) is 14.9 Å². The molecular weight excluding hydrogens is 246 g/mol. The van der Waals surface area contributed by atoms with Crippen molar-refractivity contribution in [3.05, 3.63) is 58.2 Å². The minimum Gasteiger partial charge on any atom is -0.374 e. The van der Waals surface area contributed by atoms with Gasteiger partial charge >= 0.3 is 0 Å². The molecule has 0 fully saturated rings. The van der Waals surface area contributed by atoms with Crippen molar-refractivity contribution in [1.82, 2.24) is 9.97 Å². The number of nitro groups is 1. The number of rotatable bonds is 4. The molecule has 94 valence electrons. The van der Waals surface area contributed by atoms with Gasteiger partial charge in [0.2, 0.25) is 0 Å². The molecular formula is C12H9N5O2. The van der Waals surface area contributed by atoms with Crippen LogP contribution in [0.4, 0.5) is 11.4 Å². The van der Waals surface area contributed by atoms with Gasteiger partial charge in [-0.3, -0.25) is 10.1 Å². The molecule has 0 aliphatic carbocycles. The van der Waals surface area contributed by atoms with E-state index >= 15 is 0 Å². The SMILES string of the molecule is N#Cc1ccc([N+](=O)[O-])c(NCc2ccncn2)c1. The van der Waals surface area contributed by atoms with Crippen molar-refractivity contribution in [2.45, 2.75) is 6.54 Å². The maximum absolute atomic E-state index is 10.9. The average molecular weight is 255 g/mol. The first-order chi connectivity index (χ1) is 9.20. The minimum absolute atomic E-state index is 0.0759. The summed E-state index contributed by atoms with van der Waals surface area (Å²) in [5.74, 6) is 0. The molecule has 1 aromatic heterocycles. The number of hydrogen-bond donors (Lipinski definition) is 1. The molecule has 0 bridgehead atoms. The standard InChI is InChI=1S/C12H9N5O2/c13-6-9-1-2-12(17(18)19)11(5-9)15-7-10-3-4-14-8-16-10/h1-5,8,15H,7H2. The molecule has 0 amide bonds. The molecule has 0 saturated heterocycles. The normalized spacial score (nSPS) is 9.63. The number of nitro benzene ring substituents is 1. The van der Waals surface area contributed by atoms with Crippen LogP contribution in [0.25, 0.3) is 0 Å². The van der Waals surface area contributed by atoms with Crippen LogP contribution < -0.4 is 5.32 Å². The number of hydrogen-bond acceptors (Lipinski definition) is 6. The highest BCUT2D eigenvalue weighted by Crippen LogP contribution is 2.25. The Balaban J connectivity index is 2.23. The Morgan fingerprint density at radius 1 is 1.42 bits per heavy atom. The van der Waals surface area contributed by atoms with Crippen LogP contribution in [0.1, 0.15) is 11.3 Å². The molecule has 0 aliphatic rings. The highest BCUT2D eigenvalue weighted by Gasteiger charge is 2.13. The predicted molar refractivity (Wildman–Crippen MR) is 67.2 cm³/mol. The molecule has 7 heteroatoms. The molecule has 0 radical (unpaired) electrons. The van der Waals surface area contributed by atoms with Gasteiger partial charge in [-0.25, -0.2) is 9.97 Å². The molecule has 0 aliphatic heterocycles. The Bertz CT molecular complexity index is 636. The van der Waals surface area contributed by atoms with Crippen LogP contribution in [0.2, 0.25) is 0 Å². The second kappa shape index (κ2) is 5.55. The van der Waals surface area contributed by atoms with Gasteiger partial charge in [-0.2, -0.15) is 5.26 Å². The Labute approximate surface area is 108 Å². The van der Waals surface area contributed by atoms with E-state index < -0.39 is 4.92 Å². The Hall–Kier alpha value is -3.01. The fraction of sp³-hybridized carbons (Fsp3) is 0.0833. The lowest BCUT2D eigenvalue weighted by Gasteiger charge is -2.06. The van der Waals surface area contributed by atoms with E-state index in [1.54, 1.807) is 12.3 Å². The fourth-order valence-electron chi connectivity index (χ4n) is 1.51. The van der Waals surface area contributed by atoms with Gasteiger partial charge in [0.25, 0.3) is 5.69 Å². The monoisotopic (exact) mass is 255 g/mol. The van der Waals surface area contributed by atoms with Crippen LogP contribution in [0.3, 0.4) is 0 Å². The first-order valence-electron chi connectivity index (χ1n) is 5.38. The zero-order chi connectivity index (χ0) is 13.7. The van der Waals surface area contributed by atoms with Crippen molar-refractivity contribution >= 4 is 11.4 Å². The maximum atomic E-state index is 10.9. The van der Waals surface area contributed by atoms with Crippen molar-refractivity contribution in [3.8, 4) is 6.07 Å². The van der Waals surface area contributed by atoms with Gasteiger partial charge < -0.3 is 5.32 Å². The predicted octanol–water partition coefficient (Wildman–Crippen LogP) is 1.87. The van der Waals surface area contributed by atoms with E-state index in [9.17, 15) is 10.1 Å². The summed E-state index contributed by atoms with van der Waals surface area (Å²) in [7, 11) is 0. The zero-order valence-corrected chi connectivity index (χ0v) is 9.78. The quantitative estimate of drug-likeness (QED) is 0.660. The lowest BCUT2D eigenvalue weighted by Crippen LogP contribution is -2.04. The maximum Gasteiger partial charge on any atom is 0.292 e. The number of nitriles is 1. The van der Waals surface area contributed by atoms with Crippen molar-refractivity contribution in [2.75, 3.05) is 5.32 Å². The van der Waals surface area contributed by atoms with E-state index in [0.29, 0.717) is 23.5 Å². The van der Waals surface area contributed by atoms with Crippen molar-refractivity contribution in [1.29, 1.82) is 5.26 Å². The molecule has 2 aromatic rings. The number of nitrogens with one attached hydrogen (secondary N) is 1. The topological polar surface area (TPSA) is 105 Å². The third-order valence-electron chi connectivity index (χ3n) is 2.43. The number of anilines is 1. The minimum atomic E-state index is -0.497. The van der Waals surface area contributed by atoms with Gasteiger partial charge in [-0.1, -0.05) is 0 Å². The summed E-state index contributed by atoms with van der Waals surface area (Å²) in [4.78, 5) is 18.2. The van der Waals surface area contributed by atoms with E-state index in [4.69, 9.17) is 5.26 Å². The van der Waals surface area contributed by atoms with Crippen LogP contribution in [0, 0.1) is 21.4 Å². The third kappa shape index (κ3) is 3.01. The fourth-order valence-corrected chi connectivity index (χ4v) is 1.51. The summed E-state index contributed by atoms with van der Waals surface area (Å²) in [5, 5.41) is 22.6. The van der Waals surface area contributed by atoms with Crippen LogP contribution in [0.5, 0.6) is 0 Å². The summed E-state index contributed by atoms with van der Waals surface area (Å²) in [6, 6.07) is 7.81. The van der Waals surface area contributed by atoms with E-state index in [-0.39, 0.29) is 5.69 Å². The van der Waals surface area contributed by atoms with Gasteiger partial charge in [0.15, 0.2) is 0 Å². The van der Waals surface area contributed by atoms with Crippen LogP contribution >= 0.6 is 0 Å². The lowest BCUT2D eigenvalue weighted by molar-refractivity contribution is -0.384. The smallest absolute Gasteiger partial charge is 0.292 e. The molecule has 0 saturated carbocycles. The van der Waals surface area contributed by atoms with Gasteiger partial charge in [-0.05, 0) is 18.2 Å². The lowest BCUT2D eigenvalue weighted by atomic mass is 10.2. The molecule has 2 rings (SSSR count). The molecule has 1 aromatic carbocycles. The highest BCUT2D eigenvalue weighted by molar-refractivity contribution is 5.64. The zero-order valence-electron chi connectivity index (χ0n) is 9.78. The summed E-state index contributed by atoms with van der Waals surface area (Å²) < 4.78 is 0. The van der Waals surface area contributed by atoms with E-state index in [1.807, 2.05) is 6.07 Å². The molecule has 7 nitrogen and oxygen atoms in total. The summed E-state index contributed by atoms with van der Waals surface area (Å²) in [6.45, 7) is 0.318. The van der Waals surface area contributed by atoms with E-state index in [1.165, 1.54) is 24.5 Å². The van der Waals surface area contributed by atoms with Crippen LogP contribution in [0.15, 0.2) is 36.8 Å². The summed E-state index contributed by atoms with van der Waals surface area (Å²) >= 11 is 0. The van der Waals surface area contributed by atoms with Gasteiger partial charge in [0.1, 0.15) is 12.0 Å². The van der Waals surface area contributed by atoms with Gasteiger partial charge in [0, 0.05) is 12.3 Å². The van der Waals surface area contributed by atoms with Crippen molar-refractivity contribution in [2.24, 2.45) is 0 Å². The summed E-state index contributed by atoms with van der Waals surface area (Å²) in [6.07, 6.45) is 2.99. The van der Waals surface area contributed by atoms with E-state index in [2.05, 4.69) is 15.3 Å². The summed E-state index contributed by atoms with van der Waals surface area (Å²) in [5.41, 5.74) is 1.28. The van der Waals surface area contributed by atoms with Gasteiger partial charge in [-0.15, -0.1) is 0 Å². The Kier molecular flexibility index (Phi) is 3.64. The van der Waals surface area contributed by atoms with Crippen LogP contribution in [-0.2, 0) is 6.54 Å². The molecule has 0 spiro atoms. The van der Waals surface area contributed by atoms with E-state index in [0.717, 1.165) is 0 Å². The molecule has 0 atom stereocenters. The molecule has 1 N–H and O–H groups in total. The second-order valence-corrected chi connectivity index (χ2v) is 3.66. The molecule has 0 unspecified atom stereocenters. The number of aromatic nitrogens is 2. The average Bonchev–Trinajstić information content (AvgIpc) is 2.45. The molecule has 19 heavy (non-hydrogen) atoms. The number of nitrogens with zero attached hydrogens (tertiary/aromatic N) is 4. The first kappa shape index (κ1) is 12.4. The van der Waals surface area contributed by atoms with Crippen molar-refractivity contribution in [3.63, 3.8) is 0 Å². The molecule has 1 heterocycles. The van der Waals surface area contributed by atoms with Crippen molar-refractivity contribution < 1.29 is 4.92 Å². The highest BCUT2D eigenvalue weighted by atomic mass is 16.6. The number of benzene rings is 1.